The van der Waals surface area contributed by atoms with Gasteiger partial charge in [0.2, 0.25) is 0 Å². The molecule has 0 aliphatic heterocycles. The van der Waals surface area contributed by atoms with Gasteiger partial charge < -0.3 is 10.1 Å². The third kappa shape index (κ3) is 1.97. The Bertz CT molecular complexity index is 438. The lowest BCUT2D eigenvalue weighted by molar-refractivity contribution is 1.18. The summed E-state index contributed by atoms with van der Waals surface area (Å²) in [5.74, 6) is 0.0480. The Labute approximate surface area is 93.5 Å². The fourth-order valence-electron chi connectivity index (χ4n) is 1.16. The molecule has 2 aromatic rings. The Kier molecular flexibility index (Phi) is 4.40. The highest BCUT2D eigenvalue weighted by atomic mass is 35.5. The standard InChI is InChI=1S/C8H8N4.2ClH/c9-7(10)6-2-1-4-12-5-3-11-8(6)12;;/h1-5H,(H3,9,10);2*1H. The van der Waals surface area contributed by atoms with E-state index in [-0.39, 0.29) is 30.6 Å². The molecule has 0 unspecified atom stereocenters. The van der Waals surface area contributed by atoms with Crippen LogP contribution in [0.5, 0.6) is 0 Å². The lowest BCUT2D eigenvalue weighted by Crippen LogP contribution is -2.12. The summed E-state index contributed by atoms with van der Waals surface area (Å²) < 4.78 is 1.83. The summed E-state index contributed by atoms with van der Waals surface area (Å²) in [6.07, 6.45) is 5.37. The summed E-state index contributed by atoms with van der Waals surface area (Å²) >= 11 is 0. The highest BCUT2D eigenvalue weighted by Crippen LogP contribution is 2.06. The van der Waals surface area contributed by atoms with E-state index >= 15 is 0 Å². The molecule has 2 aromatic heterocycles. The van der Waals surface area contributed by atoms with Crippen LogP contribution in [-0.2, 0) is 0 Å². The molecule has 0 aliphatic carbocycles. The smallest absolute Gasteiger partial charge is 0.147 e. The fraction of sp³-hybridized carbons (Fsp3) is 0. The monoisotopic (exact) mass is 232 g/mol. The van der Waals surface area contributed by atoms with Gasteiger partial charge in [-0.2, -0.15) is 0 Å². The number of pyridine rings is 1. The van der Waals surface area contributed by atoms with Crippen LogP contribution in [0.3, 0.4) is 0 Å². The van der Waals surface area contributed by atoms with Crippen molar-refractivity contribution in [3.63, 3.8) is 0 Å². The number of aromatic nitrogens is 2. The number of hydrogen-bond donors (Lipinski definition) is 2. The van der Waals surface area contributed by atoms with Crippen molar-refractivity contribution >= 4 is 36.3 Å². The zero-order valence-corrected chi connectivity index (χ0v) is 8.81. The Hall–Kier alpha value is -1.26. The molecule has 0 spiro atoms. The molecular weight excluding hydrogens is 223 g/mol. The third-order valence-electron chi connectivity index (χ3n) is 1.71. The van der Waals surface area contributed by atoms with E-state index < -0.39 is 0 Å². The predicted octanol–water partition coefficient (Wildman–Crippen LogP) is 1.46. The Morgan fingerprint density at radius 2 is 2.07 bits per heavy atom. The van der Waals surface area contributed by atoms with Gasteiger partial charge in [-0.3, -0.25) is 5.41 Å². The minimum absolute atomic E-state index is 0. The van der Waals surface area contributed by atoms with Crippen molar-refractivity contribution in [1.29, 1.82) is 5.41 Å². The van der Waals surface area contributed by atoms with Gasteiger partial charge in [0, 0.05) is 18.6 Å². The van der Waals surface area contributed by atoms with Crippen LogP contribution in [0.15, 0.2) is 30.7 Å². The molecule has 0 saturated carbocycles. The summed E-state index contributed by atoms with van der Waals surface area (Å²) in [5.41, 5.74) is 6.76. The molecule has 0 fully saturated rings. The average molecular weight is 233 g/mol. The number of amidine groups is 1. The van der Waals surface area contributed by atoms with Crippen LogP contribution in [-0.4, -0.2) is 15.2 Å². The largest absolute Gasteiger partial charge is 0.384 e. The van der Waals surface area contributed by atoms with Gasteiger partial charge in [-0.25, -0.2) is 4.98 Å². The van der Waals surface area contributed by atoms with Gasteiger partial charge in [0.15, 0.2) is 0 Å². The van der Waals surface area contributed by atoms with Crippen LogP contribution in [0.1, 0.15) is 5.56 Å². The van der Waals surface area contributed by atoms with Crippen LogP contribution in [0, 0.1) is 5.41 Å². The number of fused-ring (bicyclic) bond motifs is 1. The van der Waals surface area contributed by atoms with Gasteiger partial charge in [0.25, 0.3) is 0 Å². The molecule has 0 bridgehead atoms. The normalized spacial score (nSPS) is 8.86. The van der Waals surface area contributed by atoms with Crippen molar-refractivity contribution in [2.75, 3.05) is 0 Å². The molecule has 0 radical (unpaired) electrons. The molecule has 6 heteroatoms. The van der Waals surface area contributed by atoms with Gasteiger partial charge in [0.1, 0.15) is 11.5 Å². The van der Waals surface area contributed by atoms with Gasteiger partial charge in [-0.1, -0.05) is 0 Å². The number of hydrogen-bond acceptors (Lipinski definition) is 2. The van der Waals surface area contributed by atoms with E-state index in [1.165, 1.54) is 0 Å². The minimum Gasteiger partial charge on any atom is -0.384 e. The molecule has 0 atom stereocenters. The van der Waals surface area contributed by atoms with Crippen LogP contribution in [0.4, 0.5) is 0 Å². The number of nitrogens with zero attached hydrogens (tertiary/aromatic N) is 2. The number of halogens is 2. The quantitative estimate of drug-likeness (QED) is 0.578. The zero-order valence-electron chi connectivity index (χ0n) is 7.18. The van der Waals surface area contributed by atoms with E-state index in [0.29, 0.717) is 5.56 Å². The molecular formula is C8H10Cl2N4. The summed E-state index contributed by atoms with van der Waals surface area (Å²) in [6.45, 7) is 0. The van der Waals surface area contributed by atoms with Gasteiger partial charge >= 0.3 is 0 Å². The van der Waals surface area contributed by atoms with Gasteiger partial charge in [0.05, 0.1) is 5.56 Å². The lowest BCUT2D eigenvalue weighted by Gasteiger charge is -1.99. The van der Waals surface area contributed by atoms with Crippen LogP contribution < -0.4 is 5.73 Å². The first kappa shape index (κ1) is 12.7. The van der Waals surface area contributed by atoms with Crippen LogP contribution in [0.2, 0.25) is 0 Å². The molecule has 0 saturated heterocycles. The van der Waals surface area contributed by atoms with Crippen molar-refractivity contribution in [3.05, 3.63) is 36.3 Å². The van der Waals surface area contributed by atoms with Crippen molar-refractivity contribution in [3.8, 4) is 0 Å². The van der Waals surface area contributed by atoms with E-state index in [2.05, 4.69) is 4.98 Å². The number of nitrogens with one attached hydrogen (secondary N) is 1. The van der Waals surface area contributed by atoms with E-state index in [9.17, 15) is 0 Å². The molecule has 4 nitrogen and oxygen atoms in total. The van der Waals surface area contributed by atoms with E-state index in [1.807, 2.05) is 22.9 Å². The first-order valence-electron chi connectivity index (χ1n) is 3.55. The average Bonchev–Trinajstić information content (AvgIpc) is 2.49. The summed E-state index contributed by atoms with van der Waals surface area (Å²) in [6, 6.07) is 3.62. The first-order valence-corrected chi connectivity index (χ1v) is 3.55. The number of nitrogens with two attached hydrogens (primary N) is 1. The van der Waals surface area contributed by atoms with Crippen LogP contribution >= 0.6 is 24.8 Å². The molecule has 76 valence electrons. The molecule has 2 heterocycles. The second-order valence-corrected chi connectivity index (χ2v) is 2.49. The molecule has 2 rings (SSSR count). The third-order valence-corrected chi connectivity index (χ3v) is 1.71. The maximum atomic E-state index is 7.28. The molecule has 14 heavy (non-hydrogen) atoms. The number of rotatable bonds is 1. The molecule has 0 amide bonds. The number of nitrogen functional groups attached to an aromatic ring is 1. The second kappa shape index (κ2) is 4.83. The van der Waals surface area contributed by atoms with E-state index in [0.717, 1.165) is 5.65 Å². The Morgan fingerprint density at radius 1 is 1.36 bits per heavy atom. The summed E-state index contributed by atoms with van der Waals surface area (Å²) in [4.78, 5) is 4.08. The molecule has 0 aromatic carbocycles. The van der Waals surface area contributed by atoms with Crippen molar-refractivity contribution < 1.29 is 0 Å². The molecule has 0 aliphatic rings. The topological polar surface area (TPSA) is 67.2 Å². The lowest BCUT2D eigenvalue weighted by atomic mass is 10.2. The van der Waals surface area contributed by atoms with Crippen molar-refractivity contribution in [2.45, 2.75) is 0 Å². The van der Waals surface area contributed by atoms with E-state index in [4.69, 9.17) is 11.1 Å². The van der Waals surface area contributed by atoms with Crippen molar-refractivity contribution in [1.82, 2.24) is 9.38 Å². The van der Waals surface area contributed by atoms with E-state index in [1.54, 1.807) is 12.3 Å². The number of imidazole rings is 1. The molecule has 3 N–H and O–H groups in total. The maximum absolute atomic E-state index is 7.28. The minimum atomic E-state index is 0. The second-order valence-electron chi connectivity index (χ2n) is 2.49. The Balaban J connectivity index is 0.000000845. The van der Waals surface area contributed by atoms with Gasteiger partial charge in [-0.05, 0) is 12.1 Å². The maximum Gasteiger partial charge on any atom is 0.147 e. The summed E-state index contributed by atoms with van der Waals surface area (Å²) in [5, 5.41) is 7.28. The first-order chi connectivity index (χ1) is 5.79. The SMILES string of the molecule is Cl.Cl.N=C(N)c1cccn2ccnc12. The summed E-state index contributed by atoms with van der Waals surface area (Å²) in [7, 11) is 0. The zero-order chi connectivity index (χ0) is 8.55. The Morgan fingerprint density at radius 3 is 2.71 bits per heavy atom. The van der Waals surface area contributed by atoms with Crippen molar-refractivity contribution in [2.24, 2.45) is 5.73 Å². The predicted molar refractivity (Wildman–Crippen MR) is 60.7 cm³/mol. The fourth-order valence-corrected chi connectivity index (χ4v) is 1.16. The highest BCUT2D eigenvalue weighted by Gasteiger charge is 2.02. The van der Waals surface area contributed by atoms with Crippen LogP contribution in [0.25, 0.3) is 5.65 Å². The highest BCUT2D eigenvalue weighted by molar-refractivity contribution is 6.00. The van der Waals surface area contributed by atoms with Gasteiger partial charge in [-0.15, -0.1) is 24.8 Å².